The highest BCUT2D eigenvalue weighted by atomic mass is 79.9. The topological polar surface area (TPSA) is 82.1 Å². The molecule has 6 nitrogen and oxygen atoms in total. The molecule has 142 valence electrons. The van der Waals surface area contributed by atoms with Gasteiger partial charge in [0.1, 0.15) is 12.2 Å². The Bertz CT molecular complexity index is 767. The van der Waals surface area contributed by atoms with E-state index in [1.807, 2.05) is 0 Å². The van der Waals surface area contributed by atoms with Crippen LogP contribution >= 0.6 is 15.9 Å². The molecule has 1 aliphatic heterocycles. The maximum absolute atomic E-state index is 12.5. The summed E-state index contributed by atoms with van der Waals surface area (Å²) in [6.07, 6.45) is -3.46. The van der Waals surface area contributed by atoms with Crippen LogP contribution < -0.4 is 0 Å². The van der Waals surface area contributed by atoms with E-state index in [1.54, 1.807) is 60.7 Å². The molecular weight excluding hydrogens is 416 g/mol. The predicted octanol–water partition coefficient (Wildman–Crippen LogP) is 2.94. The Morgan fingerprint density at radius 2 is 1.48 bits per heavy atom. The normalized spacial score (nSPS) is 24.8. The van der Waals surface area contributed by atoms with Crippen molar-refractivity contribution < 1.29 is 28.9 Å². The number of hydrogen-bond donors (Lipinski definition) is 1. The predicted molar refractivity (Wildman–Crippen MR) is 101 cm³/mol. The fourth-order valence-corrected chi connectivity index (χ4v) is 3.36. The van der Waals surface area contributed by atoms with E-state index in [4.69, 9.17) is 14.2 Å². The van der Waals surface area contributed by atoms with Crippen LogP contribution in [0.5, 0.6) is 0 Å². The molecule has 3 rings (SSSR count). The van der Waals surface area contributed by atoms with Crippen LogP contribution in [-0.2, 0) is 14.2 Å². The van der Waals surface area contributed by atoms with Gasteiger partial charge in [0.05, 0.1) is 11.1 Å². The van der Waals surface area contributed by atoms with Gasteiger partial charge in [-0.05, 0) is 24.3 Å². The summed E-state index contributed by atoms with van der Waals surface area (Å²) >= 11 is 3.30. The molecule has 0 radical (unpaired) electrons. The first-order chi connectivity index (χ1) is 13.1. The molecule has 0 unspecified atom stereocenters. The molecule has 1 saturated heterocycles. The molecule has 0 saturated carbocycles. The largest absolute Gasteiger partial charge is 0.455 e. The van der Waals surface area contributed by atoms with Crippen molar-refractivity contribution in [1.29, 1.82) is 0 Å². The van der Waals surface area contributed by atoms with Crippen molar-refractivity contribution >= 4 is 27.9 Å². The highest BCUT2D eigenvalue weighted by Gasteiger charge is 2.43. The number of hydrogen-bond acceptors (Lipinski definition) is 6. The first-order valence-corrected chi connectivity index (χ1v) is 9.62. The van der Waals surface area contributed by atoms with Gasteiger partial charge in [-0.2, -0.15) is 0 Å². The zero-order valence-corrected chi connectivity index (χ0v) is 15.9. The summed E-state index contributed by atoms with van der Waals surface area (Å²) in [5, 5.41) is 10.3. The van der Waals surface area contributed by atoms with Crippen molar-refractivity contribution in [3.05, 3.63) is 71.8 Å². The van der Waals surface area contributed by atoms with Crippen LogP contribution in [0.4, 0.5) is 0 Å². The Morgan fingerprint density at radius 3 is 2.00 bits per heavy atom. The van der Waals surface area contributed by atoms with E-state index in [1.165, 1.54) is 0 Å². The third kappa shape index (κ3) is 4.94. The second kappa shape index (κ2) is 9.12. The van der Waals surface area contributed by atoms with E-state index in [9.17, 15) is 14.7 Å². The molecule has 0 spiro atoms. The second-order valence-electron chi connectivity index (χ2n) is 6.06. The Balaban J connectivity index is 1.77. The minimum atomic E-state index is -1.12. The fourth-order valence-electron chi connectivity index (χ4n) is 2.84. The number of aliphatic hydroxyl groups is 1. The van der Waals surface area contributed by atoms with Crippen LogP contribution in [0.3, 0.4) is 0 Å². The molecule has 4 atom stereocenters. The minimum Gasteiger partial charge on any atom is -0.455 e. The van der Waals surface area contributed by atoms with Gasteiger partial charge in [-0.3, -0.25) is 0 Å². The lowest BCUT2D eigenvalue weighted by Crippen LogP contribution is -2.52. The van der Waals surface area contributed by atoms with E-state index >= 15 is 0 Å². The molecule has 0 bridgehead atoms. The number of esters is 2. The quantitative estimate of drug-likeness (QED) is 0.575. The summed E-state index contributed by atoms with van der Waals surface area (Å²) in [6.45, 7) is 0. The Morgan fingerprint density at radius 1 is 0.963 bits per heavy atom. The fraction of sp³-hybridized carbons (Fsp3) is 0.300. The number of rotatable bonds is 5. The molecule has 1 aliphatic rings. The van der Waals surface area contributed by atoms with Gasteiger partial charge in [-0.15, -0.1) is 0 Å². The van der Waals surface area contributed by atoms with Crippen LogP contribution in [0.25, 0.3) is 0 Å². The van der Waals surface area contributed by atoms with Crippen molar-refractivity contribution in [1.82, 2.24) is 0 Å². The van der Waals surface area contributed by atoms with Gasteiger partial charge < -0.3 is 19.3 Å². The van der Waals surface area contributed by atoms with Crippen molar-refractivity contribution in [3.8, 4) is 0 Å². The lowest BCUT2D eigenvalue weighted by molar-refractivity contribution is -0.225. The molecule has 27 heavy (non-hydrogen) atoms. The smallest absolute Gasteiger partial charge is 0.338 e. The van der Waals surface area contributed by atoms with Crippen LogP contribution in [0.2, 0.25) is 0 Å². The summed E-state index contributed by atoms with van der Waals surface area (Å²) in [5.41, 5.74) is 0.757. The van der Waals surface area contributed by atoms with E-state index in [0.717, 1.165) is 0 Å². The zero-order valence-electron chi connectivity index (χ0n) is 14.4. The average molecular weight is 435 g/mol. The maximum Gasteiger partial charge on any atom is 0.338 e. The van der Waals surface area contributed by atoms with Gasteiger partial charge in [0.25, 0.3) is 0 Å². The third-order valence-electron chi connectivity index (χ3n) is 4.17. The molecule has 1 fully saturated rings. The number of benzene rings is 2. The average Bonchev–Trinajstić information content (AvgIpc) is 2.70. The van der Waals surface area contributed by atoms with E-state index in [-0.39, 0.29) is 6.42 Å². The van der Waals surface area contributed by atoms with E-state index in [0.29, 0.717) is 16.5 Å². The SMILES string of the molecule is O=C(O[C@H]1[C@@H](OC(=O)c2ccccc2)C[C@@H](O)O[C@@H]1CBr)c1ccccc1. The van der Waals surface area contributed by atoms with Crippen LogP contribution in [0.1, 0.15) is 27.1 Å². The number of carbonyl (C=O) groups excluding carboxylic acids is 2. The summed E-state index contributed by atoms with van der Waals surface area (Å²) in [6, 6.07) is 17.0. The highest BCUT2D eigenvalue weighted by Crippen LogP contribution is 2.27. The molecule has 2 aromatic carbocycles. The Hall–Kier alpha value is -2.22. The second-order valence-corrected chi connectivity index (χ2v) is 6.71. The summed E-state index contributed by atoms with van der Waals surface area (Å²) < 4.78 is 16.6. The molecule has 1 N–H and O–H groups in total. The Labute approximate surface area is 165 Å². The van der Waals surface area contributed by atoms with Crippen molar-refractivity contribution in [2.45, 2.75) is 31.0 Å². The summed E-state index contributed by atoms with van der Waals surface area (Å²) in [5.74, 6) is -1.10. The number of halogens is 1. The van der Waals surface area contributed by atoms with Crippen molar-refractivity contribution in [2.75, 3.05) is 5.33 Å². The van der Waals surface area contributed by atoms with Crippen molar-refractivity contribution in [3.63, 3.8) is 0 Å². The Kier molecular flexibility index (Phi) is 6.60. The molecule has 0 amide bonds. The molecule has 0 aromatic heterocycles. The van der Waals surface area contributed by atoms with Gasteiger partial charge in [-0.25, -0.2) is 9.59 Å². The monoisotopic (exact) mass is 434 g/mol. The molecule has 1 heterocycles. The van der Waals surface area contributed by atoms with Gasteiger partial charge in [0.2, 0.25) is 0 Å². The van der Waals surface area contributed by atoms with Crippen LogP contribution in [-0.4, -0.2) is 47.0 Å². The van der Waals surface area contributed by atoms with E-state index < -0.39 is 36.5 Å². The molecule has 2 aromatic rings. The first kappa shape index (κ1) is 19.5. The molecular formula is C20H19BrO6. The van der Waals surface area contributed by atoms with Crippen molar-refractivity contribution in [2.24, 2.45) is 0 Å². The summed E-state index contributed by atoms with van der Waals surface area (Å²) in [7, 11) is 0. The van der Waals surface area contributed by atoms with Crippen LogP contribution in [0.15, 0.2) is 60.7 Å². The molecule has 7 heteroatoms. The van der Waals surface area contributed by atoms with Crippen LogP contribution in [0, 0.1) is 0 Å². The standard InChI is InChI=1S/C20H19BrO6/c21-12-16-18(27-20(24)14-9-5-2-6-10-14)15(11-17(22)25-16)26-19(23)13-7-3-1-4-8-13/h1-10,15-18,22H,11-12H2/t15-,16+,17-,18-/m0/s1. The zero-order chi connectivity index (χ0) is 19.2. The number of carbonyl (C=O) groups is 2. The van der Waals surface area contributed by atoms with Gasteiger partial charge in [0, 0.05) is 11.8 Å². The third-order valence-corrected chi connectivity index (χ3v) is 4.81. The highest BCUT2D eigenvalue weighted by molar-refractivity contribution is 9.09. The number of ether oxygens (including phenoxy) is 3. The maximum atomic E-state index is 12.5. The lowest BCUT2D eigenvalue weighted by Gasteiger charge is -2.38. The van der Waals surface area contributed by atoms with E-state index in [2.05, 4.69) is 15.9 Å². The van der Waals surface area contributed by atoms with Gasteiger partial charge >= 0.3 is 11.9 Å². The summed E-state index contributed by atoms with van der Waals surface area (Å²) in [4.78, 5) is 24.9. The number of aliphatic hydroxyl groups excluding tert-OH is 1. The molecule has 0 aliphatic carbocycles. The minimum absolute atomic E-state index is 0.00874. The number of alkyl halides is 1. The van der Waals surface area contributed by atoms with Gasteiger partial charge in [-0.1, -0.05) is 52.3 Å². The first-order valence-electron chi connectivity index (χ1n) is 8.50. The lowest BCUT2D eigenvalue weighted by atomic mass is 10.0. The van der Waals surface area contributed by atoms with Gasteiger partial charge in [0.15, 0.2) is 12.4 Å².